The Morgan fingerprint density at radius 1 is 1.16 bits per heavy atom. The number of nitrogens with zero attached hydrogens (tertiary/aromatic N) is 4. The van der Waals surface area contributed by atoms with Crippen molar-refractivity contribution in [3.63, 3.8) is 0 Å². The standard InChI is InChI=1S/C23H25N5O3S/c29-22-7-6-20(23(30)24-22)28-12-19(25-26-28)18-14-32-15-21(18)31-13-17-5-3-4-16(10-17)11-27-8-1-2-9-27/h3-5,10,12,14-15,20H,1-2,6-9,11,13H2,(H,24,29,30). The zero-order valence-electron chi connectivity index (χ0n) is 17.7. The van der Waals surface area contributed by atoms with Crippen molar-refractivity contribution in [1.29, 1.82) is 0 Å². The number of ether oxygens (including phenoxy) is 1. The summed E-state index contributed by atoms with van der Waals surface area (Å²) in [4.78, 5) is 26.0. The number of likely N-dealkylation sites (tertiary alicyclic amines) is 1. The number of carbonyl (C=O) groups is 2. The van der Waals surface area contributed by atoms with E-state index in [1.165, 1.54) is 47.5 Å². The minimum Gasteiger partial charge on any atom is -0.487 e. The van der Waals surface area contributed by atoms with E-state index in [4.69, 9.17) is 4.74 Å². The number of imide groups is 1. The average Bonchev–Trinajstić information content (AvgIpc) is 3.54. The smallest absolute Gasteiger partial charge is 0.251 e. The van der Waals surface area contributed by atoms with Crippen LogP contribution in [0, 0.1) is 0 Å². The van der Waals surface area contributed by atoms with Crippen molar-refractivity contribution in [3.05, 3.63) is 52.3 Å². The van der Waals surface area contributed by atoms with Crippen LogP contribution in [0.1, 0.15) is 42.9 Å². The van der Waals surface area contributed by atoms with Crippen molar-refractivity contribution < 1.29 is 14.3 Å². The zero-order chi connectivity index (χ0) is 21.9. The highest BCUT2D eigenvalue weighted by Crippen LogP contribution is 2.33. The summed E-state index contributed by atoms with van der Waals surface area (Å²) in [7, 11) is 0. The molecule has 2 saturated heterocycles. The van der Waals surface area contributed by atoms with E-state index in [0.717, 1.165) is 23.4 Å². The van der Waals surface area contributed by atoms with Gasteiger partial charge in [0.05, 0.1) is 11.8 Å². The van der Waals surface area contributed by atoms with E-state index in [-0.39, 0.29) is 11.8 Å². The van der Waals surface area contributed by atoms with Crippen molar-refractivity contribution in [2.45, 2.75) is 44.9 Å². The van der Waals surface area contributed by atoms with E-state index in [1.807, 2.05) is 10.8 Å². The molecule has 2 fully saturated rings. The molecular formula is C23H25N5O3S. The van der Waals surface area contributed by atoms with Gasteiger partial charge in [0.25, 0.3) is 5.91 Å². The summed E-state index contributed by atoms with van der Waals surface area (Å²) in [5.41, 5.74) is 3.94. The van der Waals surface area contributed by atoms with Crippen LogP contribution in [0.4, 0.5) is 0 Å². The van der Waals surface area contributed by atoms with Crippen LogP contribution in [-0.2, 0) is 22.7 Å². The summed E-state index contributed by atoms with van der Waals surface area (Å²) in [5.74, 6) is 0.160. The Balaban J connectivity index is 1.25. The van der Waals surface area contributed by atoms with Crippen molar-refractivity contribution in [1.82, 2.24) is 25.2 Å². The molecule has 1 aromatic carbocycles. The molecule has 0 radical (unpaired) electrons. The number of thiophene rings is 1. The summed E-state index contributed by atoms with van der Waals surface area (Å²) >= 11 is 1.53. The number of hydrogen-bond donors (Lipinski definition) is 1. The molecule has 1 unspecified atom stereocenters. The molecule has 1 N–H and O–H groups in total. The van der Waals surface area contributed by atoms with Gasteiger partial charge in [0.2, 0.25) is 5.91 Å². The molecular weight excluding hydrogens is 426 g/mol. The number of hydrogen-bond acceptors (Lipinski definition) is 7. The SMILES string of the molecule is O=C1CCC(n2cc(-c3cscc3OCc3cccc(CN4CCCC4)c3)nn2)C(=O)N1. The summed E-state index contributed by atoms with van der Waals surface area (Å²) in [6, 6.07) is 8.04. The summed E-state index contributed by atoms with van der Waals surface area (Å²) in [6.45, 7) is 3.82. The second-order valence-electron chi connectivity index (χ2n) is 8.29. The van der Waals surface area contributed by atoms with E-state index < -0.39 is 6.04 Å². The van der Waals surface area contributed by atoms with Crippen LogP contribution in [0.25, 0.3) is 11.3 Å². The molecule has 4 heterocycles. The molecule has 2 aromatic heterocycles. The molecule has 2 aliphatic rings. The highest BCUT2D eigenvalue weighted by atomic mass is 32.1. The second-order valence-corrected chi connectivity index (χ2v) is 9.04. The number of amides is 2. The number of carbonyl (C=O) groups excluding carboxylic acids is 2. The third kappa shape index (κ3) is 4.58. The van der Waals surface area contributed by atoms with E-state index in [9.17, 15) is 9.59 Å². The van der Waals surface area contributed by atoms with Gasteiger partial charge < -0.3 is 4.74 Å². The first-order valence-electron chi connectivity index (χ1n) is 10.9. The molecule has 9 heteroatoms. The Kier molecular flexibility index (Phi) is 6.00. The number of nitrogens with one attached hydrogen (secondary N) is 1. The van der Waals surface area contributed by atoms with Crippen molar-refractivity contribution in [2.75, 3.05) is 13.1 Å². The lowest BCUT2D eigenvalue weighted by Crippen LogP contribution is -2.41. The molecule has 166 valence electrons. The van der Waals surface area contributed by atoms with Gasteiger partial charge in [-0.3, -0.25) is 19.8 Å². The van der Waals surface area contributed by atoms with Crippen LogP contribution in [-0.4, -0.2) is 44.8 Å². The van der Waals surface area contributed by atoms with Crippen LogP contribution in [0.3, 0.4) is 0 Å². The topological polar surface area (TPSA) is 89.3 Å². The van der Waals surface area contributed by atoms with E-state index in [1.54, 1.807) is 6.20 Å². The van der Waals surface area contributed by atoms with Crippen molar-refractivity contribution in [2.24, 2.45) is 0 Å². The number of benzene rings is 1. The predicted molar refractivity (Wildman–Crippen MR) is 120 cm³/mol. The van der Waals surface area contributed by atoms with Crippen LogP contribution in [0.2, 0.25) is 0 Å². The molecule has 2 amide bonds. The highest BCUT2D eigenvalue weighted by Gasteiger charge is 2.29. The summed E-state index contributed by atoms with van der Waals surface area (Å²) in [6.07, 6.45) is 5.05. The van der Waals surface area contributed by atoms with Crippen molar-refractivity contribution in [3.8, 4) is 17.0 Å². The average molecular weight is 452 g/mol. The largest absolute Gasteiger partial charge is 0.487 e. The number of rotatable bonds is 7. The third-order valence-electron chi connectivity index (χ3n) is 5.93. The van der Waals surface area contributed by atoms with Gasteiger partial charge in [-0.15, -0.1) is 16.4 Å². The molecule has 8 nitrogen and oxygen atoms in total. The van der Waals surface area contributed by atoms with Gasteiger partial charge in [-0.25, -0.2) is 4.68 Å². The lowest BCUT2D eigenvalue weighted by Gasteiger charge is -2.20. The fraction of sp³-hybridized carbons (Fsp3) is 0.391. The maximum atomic E-state index is 12.1. The van der Waals surface area contributed by atoms with Crippen LogP contribution >= 0.6 is 11.3 Å². The van der Waals surface area contributed by atoms with Crippen LogP contribution in [0.15, 0.2) is 41.2 Å². The van der Waals surface area contributed by atoms with Gasteiger partial charge in [0.15, 0.2) is 0 Å². The molecule has 0 bridgehead atoms. The van der Waals surface area contributed by atoms with Gasteiger partial charge in [0, 0.05) is 23.7 Å². The highest BCUT2D eigenvalue weighted by molar-refractivity contribution is 7.08. The molecule has 0 spiro atoms. The molecule has 1 atom stereocenters. The van der Waals surface area contributed by atoms with Gasteiger partial charge in [-0.05, 0) is 43.5 Å². The first-order valence-corrected chi connectivity index (χ1v) is 11.8. The van der Waals surface area contributed by atoms with E-state index >= 15 is 0 Å². The number of piperidine rings is 1. The molecule has 0 aliphatic carbocycles. The zero-order valence-corrected chi connectivity index (χ0v) is 18.5. The van der Waals surface area contributed by atoms with Gasteiger partial charge in [-0.2, -0.15) is 0 Å². The quantitative estimate of drug-likeness (QED) is 0.555. The number of aromatic nitrogens is 3. The minimum atomic E-state index is -0.518. The summed E-state index contributed by atoms with van der Waals surface area (Å²) in [5, 5.41) is 14.7. The first-order chi connectivity index (χ1) is 15.7. The molecule has 32 heavy (non-hydrogen) atoms. The van der Waals surface area contributed by atoms with E-state index in [0.29, 0.717) is 25.1 Å². The maximum absolute atomic E-state index is 12.1. The fourth-order valence-electron chi connectivity index (χ4n) is 4.25. The third-order valence-corrected chi connectivity index (χ3v) is 6.65. The Morgan fingerprint density at radius 2 is 2.00 bits per heavy atom. The normalized spacial score (nSPS) is 19.3. The fourth-order valence-corrected chi connectivity index (χ4v) is 5.01. The van der Waals surface area contributed by atoms with Crippen LogP contribution in [0.5, 0.6) is 5.75 Å². The molecule has 3 aromatic rings. The Bertz CT molecular complexity index is 1120. The van der Waals surface area contributed by atoms with Crippen LogP contribution < -0.4 is 10.1 Å². The molecule has 5 rings (SSSR count). The monoisotopic (exact) mass is 451 g/mol. The van der Waals surface area contributed by atoms with Gasteiger partial charge >= 0.3 is 0 Å². The van der Waals surface area contributed by atoms with Crippen molar-refractivity contribution >= 4 is 23.2 Å². The maximum Gasteiger partial charge on any atom is 0.251 e. The lowest BCUT2D eigenvalue weighted by molar-refractivity contribution is -0.136. The Morgan fingerprint density at radius 3 is 2.84 bits per heavy atom. The molecule has 0 saturated carbocycles. The van der Waals surface area contributed by atoms with Gasteiger partial charge in [-0.1, -0.05) is 29.5 Å². The molecule has 2 aliphatic heterocycles. The minimum absolute atomic E-state index is 0.246. The van der Waals surface area contributed by atoms with Gasteiger partial charge in [0.1, 0.15) is 24.1 Å². The summed E-state index contributed by atoms with van der Waals surface area (Å²) < 4.78 is 7.66. The predicted octanol–water partition coefficient (Wildman–Crippen LogP) is 3.16. The first kappa shape index (κ1) is 20.8. The lowest BCUT2D eigenvalue weighted by atomic mass is 10.1. The van der Waals surface area contributed by atoms with E-state index in [2.05, 4.69) is 44.8 Å². The second kappa shape index (κ2) is 9.22. The Hall–Kier alpha value is -3.04. The Labute approximate surface area is 190 Å².